The summed E-state index contributed by atoms with van der Waals surface area (Å²) in [6.45, 7) is 6.93. The molecular formula is C24H30ClN5O4. The van der Waals surface area contributed by atoms with Crippen LogP contribution in [-0.2, 0) is 16.1 Å². The Bertz CT molecular complexity index is 1100. The summed E-state index contributed by atoms with van der Waals surface area (Å²) in [7, 11) is 0. The number of rotatable bonds is 9. The molecule has 2 heterocycles. The van der Waals surface area contributed by atoms with Crippen LogP contribution in [0.2, 0.25) is 5.02 Å². The second-order valence-electron chi connectivity index (χ2n) is 9.24. The fourth-order valence-electron chi connectivity index (χ4n) is 4.26. The third-order valence-corrected chi connectivity index (χ3v) is 6.26. The van der Waals surface area contributed by atoms with Crippen molar-refractivity contribution in [1.29, 1.82) is 0 Å². The molecule has 4 rings (SSSR count). The Morgan fingerprint density at radius 1 is 1.32 bits per heavy atom. The third kappa shape index (κ3) is 4.95. The Balaban J connectivity index is 1.53. The van der Waals surface area contributed by atoms with E-state index in [4.69, 9.17) is 16.3 Å². The van der Waals surface area contributed by atoms with Gasteiger partial charge in [-0.25, -0.2) is 4.98 Å². The molecule has 1 fully saturated rings. The average Bonchev–Trinajstić information content (AvgIpc) is 3.50. The molecule has 0 radical (unpaired) electrons. The second-order valence-corrected chi connectivity index (χ2v) is 9.68. The Kier molecular flexibility index (Phi) is 6.95. The number of imidazole rings is 1. The monoisotopic (exact) mass is 487 g/mol. The molecule has 2 aromatic rings. The Morgan fingerprint density at radius 2 is 2.09 bits per heavy atom. The van der Waals surface area contributed by atoms with Gasteiger partial charge in [-0.15, -0.1) is 0 Å². The highest BCUT2D eigenvalue weighted by molar-refractivity contribution is 6.31. The Morgan fingerprint density at radius 3 is 2.76 bits per heavy atom. The molecule has 0 spiro atoms. The van der Waals surface area contributed by atoms with Crippen LogP contribution in [0.3, 0.4) is 0 Å². The third-order valence-electron chi connectivity index (χ3n) is 6.03. The number of aromatic nitrogens is 2. The molecule has 3 amide bonds. The fourth-order valence-corrected chi connectivity index (χ4v) is 4.45. The number of halogens is 1. The first-order chi connectivity index (χ1) is 16.2. The van der Waals surface area contributed by atoms with E-state index in [0.717, 1.165) is 12.8 Å². The number of amides is 3. The minimum Gasteiger partial charge on any atom is -0.379 e. The molecule has 0 saturated heterocycles. The van der Waals surface area contributed by atoms with Gasteiger partial charge in [0.1, 0.15) is 11.2 Å². The van der Waals surface area contributed by atoms with Gasteiger partial charge >= 0.3 is 0 Å². The minimum absolute atomic E-state index is 0.0278. The number of nitrogens with one attached hydrogen (secondary N) is 2. The summed E-state index contributed by atoms with van der Waals surface area (Å²) in [5, 5.41) is 6.19. The van der Waals surface area contributed by atoms with Crippen molar-refractivity contribution in [2.75, 3.05) is 18.5 Å². The lowest BCUT2D eigenvalue weighted by Crippen LogP contribution is -2.64. The van der Waals surface area contributed by atoms with E-state index >= 15 is 0 Å². The van der Waals surface area contributed by atoms with Crippen LogP contribution in [-0.4, -0.2) is 63.0 Å². The van der Waals surface area contributed by atoms with Crippen LogP contribution in [0.5, 0.6) is 0 Å². The number of benzene rings is 1. The van der Waals surface area contributed by atoms with Crippen molar-refractivity contribution in [1.82, 2.24) is 19.8 Å². The summed E-state index contributed by atoms with van der Waals surface area (Å²) in [6.07, 6.45) is 3.93. The number of carbonyl (C=O) groups excluding carboxylic acids is 3. The number of nitrogens with zero attached hydrogens (tertiary/aromatic N) is 3. The molecule has 0 bridgehead atoms. The predicted molar refractivity (Wildman–Crippen MR) is 128 cm³/mol. The van der Waals surface area contributed by atoms with E-state index in [2.05, 4.69) is 15.6 Å². The smallest absolute Gasteiger partial charge is 0.276 e. The van der Waals surface area contributed by atoms with E-state index in [1.807, 2.05) is 13.8 Å². The van der Waals surface area contributed by atoms with Gasteiger partial charge in [0.2, 0.25) is 5.91 Å². The molecule has 1 atom stereocenters. The van der Waals surface area contributed by atoms with E-state index in [0.29, 0.717) is 30.3 Å². The van der Waals surface area contributed by atoms with Gasteiger partial charge in [-0.2, -0.15) is 0 Å². The molecular weight excluding hydrogens is 458 g/mol. The quantitative estimate of drug-likeness (QED) is 0.529. The lowest BCUT2D eigenvalue weighted by molar-refractivity contribution is -0.133. The highest BCUT2D eigenvalue weighted by Crippen LogP contribution is 2.39. The van der Waals surface area contributed by atoms with Gasteiger partial charge in [0.25, 0.3) is 11.8 Å². The van der Waals surface area contributed by atoms with Crippen LogP contribution in [0.4, 0.5) is 5.69 Å². The zero-order valence-electron chi connectivity index (χ0n) is 19.6. The number of anilines is 1. The van der Waals surface area contributed by atoms with Crippen LogP contribution >= 0.6 is 11.6 Å². The maximum Gasteiger partial charge on any atom is 0.276 e. The normalized spacial score (nSPS) is 19.8. The maximum atomic E-state index is 13.6. The molecule has 1 aromatic heterocycles. The highest BCUT2D eigenvalue weighted by atomic mass is 35.5. The van der Waals surface area contributed by atoms with Crippen molar-refractivity contribution in [3.8, 4) is 0 Å². The molecule has 1 aliphatic carbocycles. The Hall–Kier alpha value is -2.91. The van der Waals surface area contributed by atoms with E-state index in [-0.39, 0.29) is 41.9 Å². The second kappa shape index (κ2) is 9.76. The summed E-state index contributed by atoms with van der Waals surface area (Å²) in [4.78, 5) is 45.7. The lowest BCUT2D eigenvalue weighted by Gasteiger charge is -2.44. The summed E-state index contributed by atoms with van der Waals surface area (Å²) in [5.41, 5.74) is -0.343. The van der Waals surface area contributed by atoms with Gasteiger partial charge in [-0.1, -0.05) is 17.7 Å². The molecule has 1 saturated carbocycles. The van der Waals surface area contributed by atoms with Crippen molar-refractivity contribution in [3.63, 3.8) is 0 Å². The van der Waals surface area contributed by atoms with Gasteiger partial charge in [0, 0.05) is 29.9 Å². The van der Waals surface area contributed by atoms with Crippen molar-refractivity contribution in [2.24, 2.45) is 0 Å². The molecule has 0 unspecified atom stereocenters. The predicted octanol–water partition coefficient (Wildman–Crippen LogP) is 3.10. The molecule has 2 N–H and O–H groups in total. The zero-order chi connectivity index (χ0) is 24.5. The molecule has 34 heavy (non-hydrogen) atoms. The van der Waals surface area contributed by atoms with Crippen LogP contribution < -0.4 is 10.6 Å². The summed E-state index contributed by atoms with van der Waals surface area (Å²) < 4.78 is 7.13. The highest BCUT2D eigenvalue weighted by Gasteiger charge is 2.53. The zero-order valence-corrected chi connectivity index (χ0v) is 20.4. The first-order valence-electron chi connectivity index (χ1n) is 11.6. The largest absolute Gasteiger partial charge is 0.379 e. The molecule has 2 aliphatic rings. The first-order valence-corrected chi connectivity index (χ1v) is 11.9. The molecule has 1 aliphatic heterocycles. The van der Waals surface area contributed by atoms with E-state index in [1.165, 1.54) is 6.33 Å². The van der Waals surface area contributed by atoms with Crippen molar-refractivity contribution >= 4 is 35.0 Å². The van der Waals surface area contributed by atoms with Crippen molar-refractivity contribution < 1.29 is 19.1 Å². The SMILES string of the molecule is CC(C)OCCCNC(=O)[C@]1(C)Cn2cnc(C(=O)Nc3cccc(Cl)c3)c2C(=O)N1C1CC1. The Labute approximate surface area is 203 Å². The molecule has 182 valence electrons. The average molecular weight is 488 g/mol. The van der Waals surface area contributed by atoms with Crippen LogP contribution in [0.25, 0.3) is 0 Å². The number of ether oxygens (including phenoxy) is 1. The van der Waals surface area contributed by atoms with Gasteiger partial charge < -0.3 is 24.8 Å². The molecule has 9 nitrogen and oxygen atoms in total. The standard InChI is InChI=1S/C24H30ClN5O4/c1-15(2)34-11-5-10-26-23(33)24(3)13-29-14-27-19(20(29)22(32)30(24)18-8-9-18)21(31)28-17-7-4-6-16(25)12-17/h4,6-7,12,14-15,18H,5,8-11,13H2,1-3H3,(H,26,33)(H,28,31)/t24-/m0/s1. The van der Waals surface area contributed by atoms with Gasteiger partial charge in [0.05, 0.1) is 19.0 Å². The number of hydrogen-bond acceptors (Lipinski definition) is 5. The van der Waals surface area contributed by atoms with Crippen LogP contribution in [0, 0.1) is 0 Å². The van der Waals surface area contributed by atoms with E-state index in [9.17, 15) is 14.4 Å². The summed E-state index contributed by atoms with van der Waals surface area (Å²) >= 11 is 6.00. The minimum atomic E-state index is -1.08. The number of fused-ring (bicyclic) bond motifs is 1. The van der Waals surface area contributed by atoms with Crippen LogP contribution in [0.15, 0.2) is 30.6 Å². The molecule has 1 aromatic carbocycles. The first kappa shape index (κ1) is 24.2. The summed E-state index contributed by atoms with van der Waals surface area (Å²) in [6, 6.07) is 6.72. The van der Waals surface area contributed by atoms with E-state index in [1.54, 1.807) is 40.7 Å². The lowest BCUT2D eigenvalue weighted by atomic mass is 9.94. The number of carbonyl (C=O) groups is 3. The summed E-state index contributed by atoms with van der Waals surface area (Å²) in [5.74, 6) is -1.08. The van der Waals surface area contributed by atoms with Crippen molar-refractivity contribution in [2.45, 2.75) is 64.3 Å². The maximum absolute atomic E-state index is 13.6. The number of hydrogen-bond donors (Lipinski definition) is 2. The fraction of sp³-hybridized carbons (Fsp3) is 0.500. The van der Waals surface area contributed by atoms with Gasteiger partial charge in [-0.05, 0) is 58.2 Å². The topological polar surface area (TPSA) is 106 Å². The van der Waals surface area contributed by atoms with Gasteiger partial charge in [0.15, 0.2) is 5.69 Å². The van der Waals surface area contributed by atoms with Crippen molar-refractivity contribution in [3.05, 3.63) is 47.0 Å². The van der Waals surface area contributed by atoms with Crippen LogP contribution in [0.1, 0.15) is 61.0 Å². The molecule has 10 heteroatoms. The van der Waals surface area contributed by atoms with Gasteiger partial charge in [-0.3, -0.25) is 14.4 Å². The van der Waals surface area contributed by atoms with E-state index < -0.39 is 11.4 Å².